The summed E-state index contributed by atoms with van der Waals surface area (Å²) in [5.41, 5.74) is -1.05. The van der Waals surface area contributed by atoms with E-state index in [1.165, 1.54) is 0 Å². The molecule has 2 rings (SSSR count). The molecule has 1 aliphatic heterocycles. The van der Waals surface area contributed by atoms with Crippen LogP contribution in [-0.2, 0) is 9.59 Å². The number of allylic oxidation sites excluding steroid dienone is 2. The maximum Gasteiger partial charge on any atom is 0.240 e. The fourth-order valence-corrected chi connectivity index (χ4v) is 1.75. The zero-order valence-corrected chi connectivity index (χ0v) is 6.86. The smallest absolute Gasteiger partial charge is 0.240 e. The summed E-state index contributed by atoms with van der Waals surface area (Å²) < 4.78 is 0. The van der Waals surface area contributed by atoms with Crippen LogP contribution in [0.5, 0.6) is 0 Å². The summed E-state index contributed by atoms with van der Waals surface area (Å²) in [6.07, 6.45) is 6.59. The Labute approximate surface area is 74.9 Å². The van der Waals surface area contributed by atoms with Gasteiger partial charge in [-0.25, -0.2) is 0 Å². The number of amides is 2. The number of rotatable bonds is 1. The van der Waals surface area contributed by atoms with E-state index in [1.807, 2.05) is 0 Å². The van der Waals surface area contributed by atoms with Crippen molar-refractivity contribution in [3.8, 4) is 0 Å². The molecular formula is C9H9NO3. The summed E-state index contributed by atoms with van der Waals surface area (Å²) in [5, 5.41) is 11.4. The average molecular weight is 179 g/mol. The molecule has 0 saturated carbocycles. The fourth-order valence-electron chi connectivity index (χ4n) is 1.75. The first-order chi connectivity index (χ1) is 6.20. The van der Waals surface area contributed by atoms with Crippen molar-refractivity contribution in [2.24, 2.45) is 11.3 Å². The normalized spacial score (nSPS) is 36.2. The van der Waals surface area contributed by atoms with Crippen LogP contribution in [0.4, 0.5) is 0 Å². The van der Waals surface area contributed by atoms with Crippen LogP contribution in [0, 0.1) is 11.3 Å². The molecule has 0 radical (unpaired) electrons. The van der Waals surface area contributed by atoms with Gasteiger partial charge in [0.15, 0.2) is 0 Å². The number of aliphatic hydroxyl groups is 1. The lowest BCUT2D eigenvalue weighted by Gasteiger charge is -2.25. The van der Waals surface area contributed by atoms with Crippen LogP contribution in [0.15, 0.2) is 24.3 Å². The molecule has 2 N–H and O–H groups in total. The Morgan fingerprint density at radius 2 is 2.23 bits per heavy atom. The highest BCUT2D eigenvalue weighted by Gasteiger charge is 2.52. The van der Waals surface area contributed by atoms with E-state index in [0.717, 1.165) is 0 Å². The second-order valence-corrected chi connectivity index (χ2v) is 3.24. The van der Waals surface area contributed by atoms with Crippen molar-refractivity contribution in [3.63, 3.8) is 0 Å². The molecular weight excluding hydrogens is 170 g/mol. The van der Waals surface area contributed by atoms with Gasteiger partial charge in [0.2, 0.25) is 11.8 Å². The van der Waals surface area contributed by atoms with Crippen molar-refractivity contribution >= 4 is 11.8 Å². The molecule has 4 heteroatoms. The zero-order valence-electron chi connectivity index (χ0n) is 6.86. The van der Waals surface area contributed by atoms with Gasteiger partial charge in [0, 0.05) is 0 Å². The van der Waals surface area contributed by atoms with Crippen LogP contribution in [-0.4, -0.2) is 23.5 Å². The molecule has 2 unspecified atom stereocenters. The lowest BCUT2D eigenvalue weighted by atomic mass is 9.75. The van der Waals surface area contributed by atoms with Crippen molar-refractivity contribution in [2.75, 3.05) is 6.61 Å². The summed E-state index contributed by atoms with van der Waals surface area (Å²) in [7, 11) is 0. The number of carbonyl (C=O) groups is 2. The highest BCUT2D eigenvalue weighted by molar-refractivity contribution is 6.09. The SMILES string of the molecule is O=C1NC(=O)C2(CO)C=CC=CC12. The maximum absolute atomic E-state index is 11.4. The van der Waals surface area contributed by atoms with Crippen LogP contribution < -0.4 is 5.32 Å². The standard InChI is InChI=1S/C9H9NO3/c11-5-9-4-2-1-3-6(9)7(12)10-8(9)13/h1-4,6,11H,5H2,(H,10,12,13). The van der Waals surface area contributed by atoms with E-state index in [0.29, 0.717) is 0 Å². The van der Waals surface area contributed by atoms with Crippen molar-refractivity contribution in [1.29, 1.82) is 0 Å². The molecule has 1 fully saturated rings. The van der Waals surface area contributed by atoms with E-state index in [-0.39, 0.29) is 12.5 Å². The van der Waals surface area contributed by atoms with E-state index in [9.17, 15) is 9.59 Å². The topological polar surface area (TPSA) is 66.4 Å². The molecule has 13 heavy (non-hydrogen) atoms. The third-order valence-corrected chi connectivity index (χ3v) is 2.57. The first kappa shape index (κ1) is 8.19. The Balaban J connectivity index is 2.49. The zero-order chi connectivity index (χ0) is 9.47. The minimum absolute atomic E-state index is 0.334. The van der Waals surface area contributed by atoms with Gasteiger partial charge in [-0.15, -0.1) is 0 Å². The molecule has 1 aliphatic carbocycles. The Morgan fingerprint density at radius 3 is 2.85 bits per heavy atom. The van der Waals surface area contributed by atoms with Gasteiger partial charge >= 0.3 is 0 Å². The Kier molecular flexibility index (Phi) is 1.60. The lowest BCUT2D eigenvalue weighted by Crippen LogP contribution is -2.37. The third kappa shape index (κ3) is 0.890. The molecule has 0 bridgehead atoms. The first-order valence-electron chi connectivity index (χ1n) is 4.03. The van der Waals surface area contributed by atoms with Gasteiger partial charge in [-0.2, -0.15) is 0 Å². The molecule has 0 aromatic rings. The quantitative estimate of drug-likeness (QED) is 0.526. The summed E-state index contributed by atoms with van der Waals surface area (Å²) in [4.78, 5) is 22.6. The van der Waals surface area contributed by atoms with Crippen molar-refractivity contribution in [1.82, 2.24) is 5.32 Å². The van der Waals surface area contributed by atoms with Crippen LogP contribution in [0.1, 0.15) is 0 Å². The molecule has 1 saturated heterocycles. The Bertz CT molecular complexity index is 332. The number of aliphatic hydroxyl groups excluding tert-OH is 1. The van der Waals surface area contributed by atoms with E-state index in [4.69, 9.17) is 5.11 Å². The summed E-state index contributed by atoms with van der Waals surface area (Å²) >= 11 is 0. The van der Waals surface area contributed by atoms with Crippen LogP contribution in [0.2, 0.25) is 0 Å². The van der Waals surface area contributed by atoms with Gasteiger partial charge in [-0.1, -0.05) is 24.3 Å². The van der Waals surface area contributed by atoms with Gasteiger partial charge < -0.3 is 5.11 Å². The number of imide groups is 1. The summed E-state index contributed by atoms with van der Waals surface area (Å²) in [6.45, 7) is -0.337. The summed E-state index contributed by atoms with van der Waals surface area (Å²) in [6, 6.07) is 0. The molecule has 0 aromatic carbocycles. The number of nitrogens with one attached hydrogen (secondary N) is 1. The minimum Gasteiger partial charge on any atom is -0.395 e. The number of hydrogen-bond acceptors (Lipinski definition) is 3. The number of hydrogen-bond donors (Lipinski definition) is 2. The molecule has 68 valence electrons. The van der Waals surface area contributed by atoms with Crippen molar-refractivity contribution < 1.29 is 14.7 Å². The predicted octanol–water partition coefficient (Wildman–Crippen LogP) is -0.636. The molecule has 1 heterocycles. The van der Waals surface area contributed by atoms with E-state index < -0.39 is 17.2 Å². The molecule has 4 nitrogen and oxygen atoms in total. The number of fused-ring (bicyclic) bond motifs is 1. The minimum atomic E-state index is -1.05. The second kappa shape index (κ2) is 2.53. The average Bonchev–Trinajstić information content (AvgIpc) is 2.41. The summed E-state index contributed by atoms with van der Waals surface area (Å²) in [5.74, 6) is -1.29. The highest BCUT2D eigenvalue weighted by Crippen LogP contribution is 2.37. The fraction of sp³-hybridized carbons (Fsp3) is 0.333. The first-order valence-corrected chi connectivity index (χ1v) is 4.03. The molecule has 2 aliphatic rings. The predicted molar refractivity (Wildman–Crippen MR) is 44.4 cm³/mol. The Morgan fingerprint density at radius 1 is 1.46 bits per heavy atom. The van der Waals surface area contributed by atoms with E-state index in [2.05, 4.69) is 5.32 Å². The molecule has 0 aromatic heterocycles. The third-order valence-electron chi connectivity index (χ3n) is 2.57. The van der Waals surface area contributed by atoms with Crippen LogP contribution >= 0.6 is 0 Å². The monoisotopic (exact) mass is 179 g/mol. The second-order valence-electron chi connectivity index (χ2n) is 3.24. The van der Waals surface area contributed by atoms with Gasteiger partial charge in [0.25, 0.3) is 0 Å². The van der Waals surface area contributed by atoms with Gasteiger partial charge in [-0.05, 0) is 0 Å². The highest BCUT2D eigenvalue weighted by atomic mass is 16.3. The van der Waals surface area contributed by atoms with Gasteiger partial charge in [-0.3, -0.25) is 14.9 Å². The largest absolute Gasteiger partial charge is 0.395 e. The Hall–Kier alpha value is -1.42. The van der Waals surface area contributed by atoms with Crippen LogP contribution in [0.25, 0.3) is 0 Å². The van der Waals surface area contributed by atoms with Gasteiger partial charge in [0.05, 0.1) is 12.5 Å². The number of carbonyl (C=O) groups excluding carboxylic acids is 2. The lowest BCUT2D eigenvalue weighted by molar-refractivity contribution is -0.128. The maximum atomic E-state index is 11.4. The van der Waals surface area contributed by atoms with E-state index in [1.54, 1.807) is 24.3 Å². The molecule has 2 atom stereocenters. The van der Waals surface area contributed by atoms with Crippen molar-refractivity contribution in [3.05, 3.63) is 24.3 Å². The van der Waals surface area contributed by atoms with Crippen molar-refractivity contribution in [2.45, 2.75) is 0 Å². The van der Waals surface area contributed by atoms with Gasteiger partial charge in [0.1, 0.15) is 5.41 Å². The van der Waals surface area contributed by atoms with E-state index >= 15 is 0 Å². The van der Waals surface area contributed by atoms with Crippen LogP contribution in [0.3, 0.4) is 0 Å². The molecule has 2 amide bonds. The molecule has 0 spiro atoms.